The molecule has 0 radical (unpaired) electrons. The molecule has 0 saturated heterocycles. The van der Waals surface area contributed by atoms with Gasteiger partial charge in [-0.1, -0.05) is 43.8 Å². The van der Waals surface area contributed by atoms with Gasteiger partial charge in [0.1, 0.15) is 0 Å². The topological polar surface area (TPSA) is 37.3 Å². The van der Waals surface area contributed by atoms with Crippen molar-refractivity contribution in [3.05, 3.63) is 48.0 Å². The van der Waals surface area contributed by atoms with E-state index >= 15 is 0 Å². The maximum atomic E-state index is 11.3. The summed E-state index contributed by atoms with van der Waals surface area (Å²) in [5, 5.41) is 9.76. The van der Waals surface area contributed by atoms with Crippen LogP contribution in [0.1, 0.15) is 25.3 Å². The Kier molecular flexibility index (Phi) is 4.93. The van der Waals surface area contributed by atoms with Crippen LogP contribution in [0.15, 0.2) is 42.5 Å². The van der Waals surface area contributed by atoms with E-state index in [1.807, 2.05) is 30.3 Å². The van der Waals surface area contributed by atoms with Crippen LogP contribution < -0.4 is 0 Å². The minimum Gasteiger partial charge on any atom is -0.388 e. The highest BCUT2D eigenvalue weighted by atomic mass is 16.3. The Balaban J connectivity index is 2.44. The van der Waals surface area contributed by atoms with Crippen LogP contribution in [0.4, 0.5) is 0 Å². The average Bonchev–Trinajstić information content (AvgIpc) is 2.35. The minimum absolute atomic E-state index is 0.0550. The first-order valence-corrected chi connectivity index (χ1v) is 5.59. The minimum atomic E-state index is -0.715. The molecule has 0 aliphatic rings. The largest absolute Gasteiger partial charge is 0.388 e. The summed E-state index contributed by atoms with van der Waals surface area (Å²) in [5.74, 6) is -0.0550. The lowest BCUT2D eigenvalue weighted by atomic mass is 9.99. The first-order valence-electron chi connectivity index (χ1n) is 5.59. The summed E-state index contributed by atoms with van der Waals surface area (Å²) < 4.78 is 0. The molecule has 2 heteroatoms. The lowest BCUT2D eigenvalue weighted by Gasteiger charge is -2.11. The van der Waals surface area contributed by atoms with Crippen molar-refractivity contribution in [1.82, 2.24) is 0 Å². The molecule has 0 heterocycles. The molecule has 0 spiro atoms. The molecule has 0 amide bonds. The monoisotopic (exact) mass is 218 g/mol. The van der Waals surface area contributed by atoms with Gasteiger partial charge in [0.05, 0.1) is 6.10 Å². The van der Waals surface area contributed by atoms with Crippen molar-refractivity contribution in [2.45, 2.75) is 32.3 Å². The molecular formula is C14H18O2. The quantitative estimate of drug-likeness (QED) is 0.745. The van der Waals surface area contributed by atoms with Crippen molar-refractivity contribution in [1.29, 1.82) is 0 Å². The number of carbonyl (C=O) groups excluding carboxylic acids is 1. The fourth-order valence-electron chi connectivity index (χ4n) is 1.54. The number of aryl methyl sites for hydroxylation is 1. The highest BCUT2D eigenvalue weighted by Crippen LogP contribution is 2.11. The van der Waals surface area contributed by atoms with Gasteiger partial charge in [0.15, 0.2) is 5.78 Å². The Morgan fingerprint density at radius 1 is 1.38 bits per heavy atom. The average molecular weight is 218 g/mol. The fourth-order valence-corrected chi connectivity index (χ4v) is 1.54. The zero-order valence-corrected chi connectivity index (χ0v) is 9.65. The SMILES string of the molecule is C=C(C(=O)CC)[C@H](O)CCc1ccccc1. The van der Waals surface area contributed by atoms with Gasteiger partial charge in [0, 0.05) is 12.0 Å². The molecule has 0 saturated carbocycles. The van der Waals surface area contributed by atoms with Gasteiger partial charge in [0.2, 0.25) is 0 Å². The maximum absolute atomic E-state index is 11.3. The van der Waals surface area contributed by atoms with Crippen LogP contribution in [-0.4, -0.2) is 17.0 Å². The maximum Gasteiger partial charge on any atom is 0.160 e. The zero-order valence-electron chi connectivity index (χ0n) is 9.65. The number of aliphatic hydroxyl groups excluding tert-OH is 1. The molecule has 1 N–H and O–H groups in total. The second kappa shape index (κ2) is 6.23. The molecule has 16 heavy (non-hydrogen) atoms. The van der Waals surface area contributed by atoms with Crippen LogP contribution in [0.2, 0.25) is 0 Å². The zero-order chi connectivity index (χ0) is 12.0. The lowest BCUT2D eigenvalue weighted by Crippen LogP contribution is -2.17. The molecule has 1 aromatic carbocycles. The molecule has 1 rings (SSSR count). The van der Waals surface area contributed by atoms with Crippen LogP contribution in [0.3, 0.4) is 0 Å². The molecule has 0 unspecified atom stereocenters. The molecule has 0 aromatic heterocycles. The van der Waals surface area contributed by atoms with E-state index in [2.05, 4.69) is 6.58 Å². The summed E-state index contributed by atoms with van der Waals surface area (Å²) in [6.07, 6.45) is 1.00. The van der Waals surface area contributed by atoms with E-state index in [-0.39, 0.29) is 5.78 Å². The Hall–Kier alpha value is -1.41. The van der Waals surface area contributed by atoms with Crippen molar-refractivity contribution in [2.75, 3.05) is 0 Å². The number of hydrogen-bond acceptors (Lipinski definition) is 2. The van der Waals surface area contributed by atoms with E-state index in [1.54, 1.807) is 6.92 Å². The van der Waals surface area contributed by atoms with E-state index in [1.165, 1.54) is 5.56 Å². The Bertz CT molecular complexity index is 354. The number of carbonyl (C=O) groups is 1. The molecule has 0 aliphatic heterocycles. The van der Waals surface area contributed by atoms with Gasteiger partial charge in [-0.15, -0.1) is 0 Å². The number of benzene rings is 1. The molecule has 2 nitrogen and oxygen atoms in total. The van der Waals surface area contributed by atoms with Gasteiger partial charge in [-0.3, -0.25) is 4.79 Å². The number of rotatable bonds is 6. The number of aliphatic hydroxyl groups is 1. The first kappa shape index (κ1) is 12.7. The lowest BCUT2D eigenvalue weighted by molar-refractivity contribution is -0.116. The van der Waals surface area contributed by atoms with E-state index in [0.29, 0.717) is 18.4 Å². The van der Waals surface area contributed by atoms with E-state index < -0.39 is 6.10 Å². The predicted octanol–water partition coefficient (Wildman–Crippen LogP) is 2.52. The third kappa shape index (κ3) is 3.63. The normalized spacial score (nSPS) is 12.1. The van der Waals surface area contributed by atoms with Crippen LogP contribution in [0, 0.1) is 0 Å². The summed E-state index contributed by atoms with van der Waals surface area (Å²) in [6.45, 7) is 5.41. The highest BCUT2D eigenvalue weighted by Gasteiger charge is 2.14. The Labute approximate surface area is 96.6 Å². The highest BCUT2D eigenvalue weighted by molar-refractivity contribution is 5.95. The van der Waals surface area contributed by atoms with Crippen LogP contribution in [0.25, 0.3) is 0 Å². The van der Waals surface area contributed by atoms with Crippen LogP contribution >= 0.6 is 0 Å². The van der Waals surface area contributed by atoms with Gasteiger partial charge in [-0.2, -0.15) is 0 Å². The molecule has 1 atom stereocenters. The number of Topliss-reactive ketones (excluding diaryl/α,β-unsaturated/α-hetero) is 1. The van der Waals surface area contributed by atoms with E-state index in [4.69, 9.17) is 0 Å². The van der Waals surface area contributed by atoms with Crippen LogP contribution in [-0.2, 0) is 11.2 Å². The standard InChI is InChI=1S/C14H18O2/c1-3-13(15)11(2)14(16)10-9-12-7-5-4-6-8-12/h4-8,14,16H,2-3,9-10H2,1H3/t14-/m1/s1. The van der Waals surface area contributed by atoms with Crippen molar-refractivity contribution < 1.29 is 9.90 Å². The Morgan fingerprint density at radius 3 is 2.56 bits per heavy atom. The van der Waals surface area contributed by atoms with Gasteiger partial charge in [-0.05, 0) is 18.4 Å². The fraction of sp³-hybridized carbons (Fsp3) is 0.357. The second-order valence-corrected chi connectivity index (χ2v) is 3.84. The summed E-state index contributed by atoms with van der Waals surface area (Å²) in [5.41, 5.74) is 1.50. The smallest absolute Gasteiger partial charge is 0.160 e. The summed E-state index contributed by atoms with van der Waals surface area (Å²) in [7, 11) is 0. The van der Waals surface area contributed by atoms with E-state index in [0.717, 1.165) is 6.42 Å². The van der Waals surface area contributed by atoms with Gasteiger partial charge < -0.3 is 5.11 Å². The van der Waals surface area contributed by atoms with Crippen molar-refractivity contribution in [2.24, 2.45) is 0 Å². The molecule has 0 fully saturated rings. The van der Waals surface area contributed by atoms with Gasteiger partial charge in [-0.25, -0.2) is 0 Å². The molecule has 1 aromatic rings. The third-order valence-electron chi connectivity index (χ3n) is 2.63. The number of ketones is 1. The van der Waals surface area contributed by atoms with E-state index in [9.17, 15) is 9.90 Å². The summed E-state index contributed by atoms with van der Waals surface area (Å²) in [4.78, 5) is 11.3. The van der Waals surface area contributed by atoms with Gasteiger partial charge >= 0.3 is 0 Å². The second-order valence-electron chi connectivity index (χ2n) is 3.84. The van der Waals surface area contributed by atoms with Crippen molar-refractivity contribution >= 4 is 5.78 Å². The summed E-state index contributed by atoms with van der Waals surface area (Å²) in [6, 6.07) is 9.91. The predicted molar refractivity (Wildman–Crippen MR) is 65.2 cm³/mol. The summed E-state index contributed by atoms with van der Waals surface area (Å²) >= 11 is 0. The number of hydrogen-bond donors (Lipinski definition) is 1. The molecule has 86 valence electrons. The van der Waals surface area contributed by atoms with Gasteiger partial charge in [0.25, 0.3) is 0 Å². The first-order chi connectivity index (χ1) is 7.65. The third-order valence-corrected chi connectivity index (χ3v) is 2.63. The Morgan fingerprint density at radius 2 is 2.00 bits per heavy atom. The molecule has 0 bridgehead atoms. The van der Waals surface area contributed by atoms with Crippen LogP contribution in [0.5, 0.6) is 0 Å². The van der Waals surface area contributed by atoms with Crippen molar-refractivity contribution in [3.8, 4) is 0 Å². The molecular weight excluding hydrogens is 200 g/mol. The molecule has 0 aliphatic carbocycles. The van der Waals surface area contributed by atoms with Crippen molar-refractivity contribution in [3.63, 3.8) is 0 Å².